The number of hydrogen-bond acceptors (Lipinski definition) is 0. The fraction of sp³-hybridized carbons (Fsp3) is 0.357. The summed E-state index contributed by atoms with van der Waals surface area (Å²) in [7, 11) is -0.174. The lowest BCUT2D eigenvalue weighted by Gasteiger charge is -2.28. The highest BCUT2D eigenvalue weighted by Crippen LogP contribution is 2.40. The average molecular weight is 434 g/mol. The molecule has 0 N–H and O–H groups in total. The zero-order chi connectivity index (χ0) is 21.6. The zero-order valence-electron chi connectivity index (χ0n) is 18.3. The molecule has 1 radical (unpaired) electrons. The van der Waals surface area contributed by atoms with E-state index >= 15 is 0 Å². The number of rotatable bonds is 7. The summed E-state index contributed by atoms with van der Waals surface area (Å²) in [6, 6.07) is 24.2. The van der Waals surface area contributed by atoms with E-state index in [1.807, 2.05) is 12.1 Å². The Bertz CT molecular complexity index is 988. The molecule has 1 heterocycles. The van der Waals surface area contributed by atoms with Crippen LogP contribution in [-0.4, -0.2) is 8.80 Å². The molecule has 3 aromatic carbocycles. The Labute approximate surface area is 186 Å². The van der Waals surface area contributed by atoms with Crippen LogP contribution in [0.1, 0.15) is 50.5 Å². The van der Waals surface area contributed by atoms with Gasteiger partial charge in [-0.3, -0.25) is 0 Å². The van der Waals surface area contributed by atoms with Gasteiger partial charge in [0.2, 0.25) is 0 Å². The van der Waals surface area contributed by atoms with Gasteiger partial charge >= 0.3 is 0 Å². The van der Waals surface area contributed by atoms with Gasteiger partial charge in [-0.25, -0.2) is 8.78 Å². The van der Waals surface area contributed by atoms with E-state index in [1.165, 1.54) is 74.0 Å². The van der Waals surface area contributed by atoms with E-state index < -0.39 is 0 Å². The molecule has 1 aliphatic rings. The van der Waals surface area contributed by atoms with Gasteiger partial charge in [0.25, 0.3) is 0 Å². The molecule has 0 amide bonds. The molecule has 0 unspecified atom stereocenters. The maximum Gasteiger partial charge on any atom is 0.131 e. The van der Waals surface area contributed by atoms with E-state index in [0.717, 1.165) is 16.7 Å². The van der Waals surface area contributed by atoms with Crippen molar-refractivity contribution in [2.24, 2.45) is 0 Å². The normalized spacial score (nSPS) is 15.3. The van der Waals surface area contributed by atoms with Gasteiger partial charge < -0.3 is 0 Å². The molecule has 0 aliphatic carbocycles. The molecule has 1 fully saturated rings. The van der Waals surface area contributed by atoms with Gasteiger partial charge in [-0.1, -0.05) is 92.8 Å². The molecule has 161 valence electrons. The molecule has 0 saturated carbocycles. The van der Waals surface area contributed by atoms with E-state index in [-0.39, 0.29) is 20.4 Å². The second-order valence-corrected chi connectivity index (χ2v) is 11.8. The highest BCUT2D eigenvalue weighted by Gasteiger charge is 2.24. The quantitative estimate of drug-likeness (QED) is 0.258. The maximum atomic E-state index is 14.6. The fourth-order valence-corrected chi connectivity index (χ4v) is 7.85. The summed E-state index contributed by atoms with van der Waals surface area (Å²) in [6.45, 7) is 2.28. The van der Waals surface area contributed by atoms with Crippen molar-refractivity contribution < 1.29 is 8.78 Å². The van der Waals surface area contributed by atoms with Gasteiger partial charge in [-0.2, -0.15) is 0 Å². The molecule has 0 atom stereocenters. The van der Waals surface area contributed by atoms with E-state index in [0.29, 0.717) is 11.5 Å². The first-order chi connectivity index (χ1) is 15.2. The minimum absolute atomic E-state index is 0.174. The van der Waals surface area contributed by atoms with Crippen molar-refractivity contribution in [3.63, 3.8) is 0 Å². The summed E-state index contributed by atoms with van der Waals surface area (Å²) in [5, 5.41) is 0. The molecule has 0 nitrogen and oxygen atoms in total. The predicted molar refractivity (Wildman–Crippen MR) is 129 cm³/mol. The molecular weight excluding hydrogens is 402 g/mol. The average Bonchev–Trinajstić information content (AvgIpc) is 2.80. The minimum Gasteiger partial charge on any atom is -0.207 e. The zero-order valence-corrected chi connectivity index (χ0v) is 19.3. The lowest BCUT2D eigenvalue weighted by atomic mass is 9.87. The Hall–Kier alpha value is -2.26. The monoisotopic (exact) mass is 433 g/mol. The lowest BCUT2D eigenvalue weighted by Crippen LogP contribution is -2.20. The van der Waals surface area contributed by atoms with Crippen molar-refractivity contribution >= 4 is 8.80 Å². The molecule has 3 heteroatoms. The van der Waals surface area contributed by atoms with Crippen LogP contribution in [0.4, 0.5) is 8.78 Å². The Kier molecular flexibility index (Phi) is 7.34. The van der Waals surface area contributed by atoms with Gasteiger partial charge in [0.15, 0.2) is 0 Å². The van der Waals surface area contributed by atoms with Crippen LogP contribution in [0.2, 0.25) is 18.1 Å². The Balaban J connectivity index is 1.62. The smallest absolute Gasteiger partial charge is 0.131 e. The van der Waals surface area contributed by atoms with Gasteiger partial charge in [0.1, 0.15) is 11.6 Å². The van der Waals surface area contributed by atoms with Crippen LogP contribution in [0, 0.1) is 11.6 Å². The fourth-order valence-electron chi connectivity index (χ4n) is 4.83. The first-order valence-corrected chi connectivity index (χ1v) is 13.8. The third kappa shape index (κ3) is 5.33. The molecule has 4 rings (SSSR count). The van der Waals surface area contributed by atoms with E-state index in [1.54, 1.807) is 18.2 Å². The van der Waals surface area contributed by atoms with Gasteiger partial charge in [0, 0.05) is 14.4 Å². The first kappa shape index (κ1) is 21.9. The largest absolute Gasteiger partial charge is 0.207 e. The molecular formula is C28H31F2Si. The Morgan fingerprint density at radius 2 is 1.55 bits per heavy atom. The standard InChI is InChI=1S/C28H31F2Si/c1-2-3-6-17-31-18-15-21(16-19-31)23-11-14-25(26-7-4-5-8-28(26)30)27(20-23)22-9-12-24(29)13-10-22/h4-5,7-14,20-21H,2-3,6,15-19H2,1H3. The number of halogens is 2. The molecule has 1 saturated heterocycles. The summed E-state index contributed by atoms with van der Waals surface area (Å²) in [5.74, 6) is 0.0989. The maximum absolute atomic E-state index is 14.6. The number of unbranched alkanes of at least 4 members (excludes halogenated alkanes) is 2. The van der Waals surface area contributed by atoms with E-state index in [9.17, 15) is 8.78 Å². The molecule has 1 aliphatic heterocycles. The van der Waals surface area contributed by atoms with Crippen molar-refractivity contribution in [3.8, 4) is 22.3 Å². The summed E-state index contributed by atoms with van der Waals surface area (Å²) in [4.78, 5) is 0. The Morgan fingerprint density at radius 1 is 0.806 bits per heavy atom. The van der Waals surface area contributed by atoms with Crippen molar-refractivity contribution in [2.45, 2.75) is 63.1 Å². The van der Waals surface area contributed by atoms with Gasteiger partial charge in [-0.15, -0.1) is 0 Å². The molecule has 31 heavy (non-hydrogen) atoms. The van der Waals surface area contributed by atoms with Crippen LogP contribution >= 0.6 is 0 Å². The van der Waals surface area contributed by atoms with Crippen molar-refractivity contribution in [3.05, 3.63) is 83.9 Å². The summed E-state index contributed by atoms with van der Waals surface area (Å²) < 4.78 is 28.2. The van der Waals surface area contributed by atoms with Gasteiger partial charge in [0.05, 0.1) is 0 Å². The summed E-state index contributed by atoms with van der Waals surface area (Å²) >= 11 is 0. The highest BCUT2D eigenvalue weighted by molar-refractivity contribution is 6.59. The van der Waals surface area contributed by atoms with E-state index in [4.69, 9.17) is 0 Å². The van der Waals surface area contributed by atoms with Crippen LogP contribution in [0.25, 0.3) is 22.3 Å². The van der Waals surface area contributed by atoms with Crippen LogP contribution < -0.4 is 0 Å². The van der Waals surface area contributed by atoms with Crippen molar-refractivity contribution in [2.75, 3.05) is 0 Å². The van der Waals surface area contributed by atoms with Gasteiger partial charge in [-0.05, 0) is 59.2 Å². The second kappa shape index (κ2) is 10.4. The van der Waals surface area contributed by atoms with Crippen molar-refractivity contribution in [1.82, 2.24) is 0 Å². The number of hydrogen-bond donors (Lipinski definition) is 0. The topological polar surface area (TPSA) is 0 Å². The van der Waals surface area contributed by atoms with Crippen LogP contribution in [-0.2, 0) is 0 Å². The highest BCUT2D eigenvalue weighted by atomic mass is 28.3. The second-order valence-electron chi connectivity index (χ2n) is 8.77. The van der Waals surface area contributed by atoms with Crippen LogP contribution in [0.15, 0.2) is 66.7 Å². The molecule has 0 spiro atoms. The molecule has 0 aromatic heterocycles. The first-order valence-electron chi connectivity index (χ1n) is 11.6. The molecule has 0 bridgehead atoms. The summed E-state index contributed by atoms with van der Waals surface area (Å²) in [5.41, 5.74) is 4.73. The van der Waals surface area contributed by atoms with Crippen molar-refractivity contribution in [1.29, 1.82) is 0 Å². The third-order valence-corrected chi connectivity index (χ3v) is 9.71. The summed E-state index contributed by atoms with van der Waals surface area (Å²) in [6.07, 6.45) is 6.61. The van der Waals surface area contributed by atoms with Crippen LogP contribution in [0.3, 0.4) is 0 Å². The minimum atomic E-state index is -0.252. The third-order valence-electron chi connectivity index (χ3n) is 6.66. The SMILES string of the molecule is CCCCC[Si]1CCC(c2ccc(-c3ccccc3F)c(-c3ccc(F)cc3)c2)CC1. The molecule has 3 aromatic rings. The van der Waals surface area contributed by atoms with Crippen LogP contribution in [0.5, 0.6) is 0 Å². The Morgan fingerprint density at radius 3 is 2.26 bits per heavy atom. The van der Waals surface area contributed by atoms with E-state index in [2.05, 4.69) is 25.1 Å². The lowest BCUT2D eigenvalue weighted by molar-refractivity contribution is 0.603. The predicted octanol–water partition coefficient (Wildman–Crippen LogP) is 8.86. The number of benzene rings is 3.